The van der Waals surface area contributed by atoms with Gasteiger partial charge in [-0.05, 0) is 11.6 Å². The summed E-state index contributed by atoms with van der Waals surface area (Å²) in [6.07, 6.45) is 7.25. The molecule has 0 fully saturated rings. The summed E-state index contributed by atoms with van der Waals surface area (Å²) in [5.41, 5.74) is 1.29. The quantitative estimate of drug-likeness (QED) is 0.484. The Morgan fingerprint density at radius 3 is 2.25 bits per heavy atom. The first-order valence-electron chi connectivity index (χ1n) is 2.43. The molecule has 1 aliphatic rings. The minimum atomic E-state index is 0.507. The van der Waals surface area contributed by atoms with E-state index in [0.29, 0.717) is 5.71 Å². The summed E-state index contributed by atoms with van der Waals surface area (Å²) in [5, 5.41) is 7.16. The third kappa shape index (κ3) is 0.757. The molecular weight excluding hydrogens is 98.1 g/mol. The van der Waals surface area contributed by atoms with Gasteiger partial charge in [-0.25, -0.2) is 0 Å². The van der Waals surface area contributed by atoms with Crippen LogP contribution in [-0.2, 0) is 0 Å². The van der Waals surface area contributed by atoms with Crippen molar-refractivity contribution in [1.82, 2.24) is 0 Å². The SMILES string of the molecule is C=C1C=CC=CC1=N. The minimum absolute atomic E-state index is 0.507. The summed E-state index contributed by atoms with van der Waals surface area (Å²) in [5.74, 6) is 0. The molecule has 40 valence electrons. The van der Waals surface area contributed by atoms with E-state index in [0.717, 1.165) is 5.57 Å². The van der Waals surface area contributed by atoms with E-state index in [-0.39, 0.29) is 0 Å². The van der Waals surface area contributed by atoms with Crippen molar-refractivity contribution in [3.05, 3.63) is 36.5 Å². The lowest BCUT2D eigenvalue weighted by Crippen LogP contribution is -1.94. The van der Waals surface area contributed by atoms with Gasteiger partial charge >= 0.3 is 0 Å². The van der Waals surface area contributed by atoms with Crippen molar-refractivity contribution in [2.24, 2.45) is 0 Å². The molecule has 0 radical (unpaired) electrons. The Labute approximate surface area is 48.5 Å². The van der Waals surface area contributed by atoms with E-state index >= 15 is 0 Å². The van der Waals surface area contributed by atoms with E-state index in [9.17, 15) is 0 Å². The largest absolute Gasteiger partial charge is 0.300 e. The lowest BCUT2D eigenvalue weighted by atomic mass is 10.1. The average Bonchev–Trinajstić information content (AvgIpc) is 1.77. The van der Waals surface area contributed by atoms with Crippen molar-refractivity contribution in [3.63, 3.8) is 0 Å². The predicted octanol–water partition coefficient (Wildman–Crippen LogP) is 1.69. The zero-order valence-corrected chi connectivity index (χ0v) is 4.52. The Hall–Kier alpha value is -1.11. The summed E-state index contributed by atoms with van der Waals surface area (Å²) in [4.78, 5) is 0. The summed E-state index contributed by atoms with van der Waals surface area (Å²) < 4.78 is 0. The van der Waals surface area contributed by atoms with Crippen LogP contribution in [0, 0.1) is 5.41 Å². The van der Waals surface area contributed by atoms with Crippen molar-refractivity contribution in [3.8, 4) is 0 Å². The Bertz CT molecular complexity index is 163. The highest BCUT2D eigenvalue weighted by Gasteiger charge is 1.94. The number of rotatable bonds is 0. The first kappa shape index (κ1) is 5.04. The summed E-state index contributed by atoms with van der Waals surface area (Å²) in [6, 6.07) is 0. The van der Waals surface area contributed by atoms with Crippen molar-refractivity contribution < 1.29 is 0 Å². The third-order valence-corrected chi connectivity index (χ3v) is 1.02. The van der Waals surface area contributed by atoms with Crippen LogP contribution in [0.15, 0.2) is 36.5 Å². The monoisotopic (exact) mass is 105 g/mol. The van der Waals surface area contributed by atoms with Gasteiger partial charge in [-0.15, -0.1) is 0 Å². The first-order valence-corrected chi connectivity index (χ1v) is 2.43. The smallest absolute Gasteiger partial charge is 0.0606 e. The summed E-state index contributed by atoms with van der Waals surface area (Å²) >= 11 is 0. The van der Waals surface area contributed by atoms with Gasteiger partial charge in [0.15, 0.2) is 0 Å². The lowest BCUT2D eigenvalue weighted by Gasteiger charge is -1.98. The maximum Gasteiger partial charge on any atom is 0.0606 e. The van der Waals surface area contributed by atoms with Crippen molar-refractivity contribution in [2.75, 3.05) is 0 Å². The minimum Gasteiger partial charge on any atom is -0.300 e. The molecule has 0 saturated heterocycles. The van der Waals surface area contributed by atoms with Crippen molar-refractivity contribution >= 4 is 5.71 Å². The Kier molecular flexibility index (Phi) is 1.12. The van der Waals surface area contributed by atoms with Gasteiger partial charge in [0.1, 0.15) is 0 Å². The molecule has 0 heterocycles. The van der Waals surface area contributed by atoms with Gasteiger partial charge in [0.25, 0.3) is 0 Å². The van der Waals surface area contributed by atoms with Crippen LogP contribution in [0.2, 0.25) is 0 Å². The Morgan fingerprint density at radius 2 is 1.88 bits per heavy atom. The van der Waals surface area contributed by atoms with Crippen LogP contribution in [0.5, 0.6) is 0 Å². The van der Waals surface area contributed by atoms with Gasteiger partial charge in [0, 0.05) is 0 Å². The number of hydrogen-bond donors (Lipinski definition) is 1. The van der Waals surface area contributed by atoms with E-state index in [1.165, 1.54) is 0 Å². The normalized spacial score (nSPS) is 17.5. The molecule has 0 amide bonds. The van der Waals surface area contributed by atoms with Crippen molar-refractivity contribution in [1.29, 1.82) is 5.41 Å². The molecule has 0 aliphatic heterocycles. The zero-order chi connectivity index (χ0) is 5.98. The lowest BCUT2D eigenvalue weighted by molar-refractivity contribution is 1.50. The van der Waals surface area contributed by atoms with Gasteiger partial charge in [0.2, 0.25) is 0 Å². The highest BCUT2D eigenvalue weighted by Crippen LogP contribution is 2.02. The molecule has 0 aromatic rings. The molecule has 0 aromatic carbocycles. The molecule has 1 heteroatoms. The van der Waals surface area contributed by atoms with E-state index in [1.807, 2.05) is 18.2 Å². The van der Waals surface area contributed by atoms with Gasteiger partial charge in [-0.3, -0.25) is 0 Å². The molecule has 0 atom stereocenters. The second-order valence-corrected chi connectivity index (χ2v) is 1.66. The average molecular weight is 105 g/mol. The fourth-order valence-electron chi connectivity index (χ4n) is 0.520. The topological polar surface area (TPSA) is 23.9 Å². The van der Waals surface area contributed by atoms with Crippen LogP contribution < -0.4 is 0 Å². The Balaban J connectivity index is 2.89. The second-order valence-electron chi connectivity index (χ2n) is 1.66. The van der Waals surface area contributed by atoms with E-state index in [2.05, 4.69) is 6.58 Å². The maximum absolute atomic E-state index is 7.16. The highest BCUT2D eigenvalue weighted by atomic mass is 14.4. The molecule has 0 spiro atoms. The Morgan fingerprint density at radius 1 is 1.25 bits per heavy atom. The van der Waals surface area contributed by atoms with Crippen LogP contribution in [0.4, 0.5) is 0 Å². The third-order valence-electron chi connectivity index (χ3n) is 1.02. The van der Waals surface area contributed by atoms with Crippen molar-refractivity contribution in [2.45, 2.75) is 0 Å². The van der Waals surface area contributed by atoms with Crippen LogP contribution in [0.1, 0.15) is 0 Å². The molecule has 8 heavy (non-hydrogen) atoms. The summed E-state index contributed by atoms with van der Waals surface area (Å²) in [7, 11) is 0. The molecule has 0 aromatic heterocycles. The van der Waals surface area contributed by atoms with Crippen LogP contribution >= 0.6 is 0 Å². The predicted molar refractivity (Wildman–Crippen MR) is 35.1 cm³/mol. The molecule has 0 unspecified atom stereocenters. The van der Waals surface area contributed by atoms with E-state index < -0.39 is 0 Å². The maximum atomic E-state index is 7.16. The van der Waals surface area contributed by atoms with Gasteiger partial charge < -0.3 is 5.41 Å². The standard InChI is InChI=1S/C7H7N/c1-6-4-2-3-5-7(6)8/h2-5,8H,1H2. The molecule has 1 N–H and O–H groups in total. The number of allylic oxidation sites excluding steroid dienone is 5. The fourth-order valence-corrected chi connectivity index (χ4v) is 0.520. The first-order chi connectivity index (χ1) is 3.80. The van der Waals surface area contributed by atoms with Gasteiger partial charge in [-0.1, -0.05) is 24.8 Å². The molecule has 1 rings (SSSR count). The summed E-state index contributed by atoms with van der Waals surface area (Å²) in [6.45, 7) is 3.63. The molecule has 0 saturated carbocycles. The number of hydrogen-bond acceptors (Lipinski definition) is 1. The highest BCUT2D eigenvalue weighted by molar-refractivity contribution is 6.08. The molecular formula is C7H7N. The van der Waals surface area contributed by atoms with Gasteiger partial charge in [-0.2, -0.15) is 0 Å². The van der Waals surface area contributed by atoms with E-state index in [1.54, 1.807) is 6.08 Å². The molecule has 1 aliphatic carbocycles. The van der Waals surface area contributed by atoms with E-state index in [4.69, 9.17) is 5.41 Å². The van der Waals surface area contributed by atoms with Crippen LogP contribution in [0.25, 0.3) is 0 Å². The van der Waals surface area contributed by atoms with Gasteiger partial charge in [0.05, 0.1) is 5.71 Å². The molecule has 1 nitrogen and oxygen atoms in total. The molecule has 0 bridgehead atoms. The fraction of sp³-hybridized carbons (Fsp3) is 0. The zero-order valence-electron chi connectivity index (χ0n) is 4.52. The second kappa shape index (κ2) is 1.78. The van der Waals surface area contributed by atoms with Crippen LogP contribution in [0.3, 0.4) is 0 Å². The van der Waals surface area contributed by atoms with Crippen LogP contribution in [-0.4, -0.2) is 5.71 Å². The number of nitrogens with one attached hydrogen (secondary N) is 1.